The first-order chi connectivity index (χ1) is 7.02. The molecule has 0 aliphatic carbocycles. The predicted octanol–water partition coefficient (Wildman–Crippen LogP) is 2.36. The van der Waals surface area contributed by atoms with Crippen LogP contribution in [0.4, 0.5) is 0 Å². The highest BCUT2D eigenvalue weighted by molar-refractivity contribution is 5.73. The summed E-state index contributed by atoms with van der Waals surface area (Å²) in [6, 6.07) is -0.281. The van der Waals surface area contributed by atoms with Gasteiger partial charge in [-0.2, -0.15) is 0 Å². The summed E-state index contributed by atoms with van der Waals surface area (Å²) in [5.41, 5.74) is 0.321. The molecule has 0 aromatic carbocycles. The average molecular weight is 213 g/mol. The third-order valence-electron chi connectivity index (χ3n) is 3.78. The smallest absolute Gasteiger partial charge is 0.320 e. The molecule has 3 nitrogen and oxygen atoms in total. The van der Waals surface area contributed by atoms with Gasteiger partial charge in [0.25, 0.3) is 0 Å². The zero-order valence-corrected chi connectivity index (χ0v) is 10.1. The summed E-state index contributed by atoms with van der Waals surface area (Å²) in [5.74, 6) is -0.669. The summed E-state index contributed by atoms with van der Waals surface area (Å²) < 4.78 is 0. The van der Waals surface area contributed by atoms with E-state index in [0.29, 0.717) is 11.8 Å². The van der Waals surface area contributed by atoms with Crippen molar-refractivity contribution in [3.8, 4) is 0 Å². The van der Waals surface area contributed by atoms with Gasteiger partial charge in [0.15, 0.2) is 0 Å². The molecule has 2 atom stereocenters. The van der Waals surface area contributed by atoms with E-state index < -0.39 is 5.97 Å². The van der Waals surface area contributed by atoms with Crippen molar-refractivity contribution in [1.29, 1.82) is 0 Å². The zero-order chi connectivity index (χ0) is 11.5. The molecule has 1 N–H and O–H groups in total. The summed E-state index contributed by atoms with van der Waals surface area (Å²) in [4.78, 5) is 13.2. The Labute approximate surface area is 92.5 Å². The highest BCUT2D eigenvalue weighted by Gasteiger charge is 2.34. The highest BCUT2D eigenvalue weighted by Crippen LogP contribution is 2.33. The molecular weight excluding hydrogens is 190 g/mol. The van der Waals surface area contributed by atoms with Crippen LogP contribution in [0.2, 0.25) is 0 Å². The molecule has 1 aliphatic heterocycles. The number of hydrogen-bond donors (Lipinski definition) is 1. The number of likely N-dealkylation sites (tertiary alicyclic amines) is 1. The summed E-state index contributed by atoms with van der Waals surface area (Å²) in [7, 11) is 0. The lowest BCUT2D eigenvalue weighted by Crippen LogP contribution is -2.49. The molecule has 1 rings (SSSR count). The van der Waals surface area contributed by atoms with E-state index >= 15 is 0 Å². The van der Waals surface area contributed by atoms with Crippen LogP contribution >= 0.6 is 0 Å². The Morgan fingerprint density at radius 3 is 2.67 bits per heavy atom. The molecule has 88 valence electrons. The van der Waals surface area contributed by atoms with Crippen molar-refractivity contribution < 1.29 is 9.90 Å². The molecule has 0 saturated carbocycles. The second kappa shape index (κ2) is 4.97. The van der Waals surface area contributed by atoms with E-state index in [2.05, 4.69) is 18.7 Å². The van der Waals surface area contributed by atoms with Crippen molar-refractivity contribution in [3.63, 3.8) is 0 Å². The first-order valence-electron chi connectivity index (χ1n) is 5.99. The van der Waals surface area contributed by atoms with Crippen LogP contribution in [0.25, 0.3) is 0 Å². The Morgan fingerprint density at radius 2 is 2.20 bits per heavy atom. The highest BCUT2D eigenvalue weighted by atomic mass is 16.4. The van der Waals surface area contributed by atoms with Crippen LogP contribution in [0.3, 0.4) is 0 Å². The maximum absolute atomic E-state index is 11.1. The van der Waals surface area contributed by atoms with Gasteiger partial charge >= 0.3 is 5.97 Å². The van der Waals surface area contributed by atoms with Gasteiger partial charge in [0.2, 0.25) is 0 Å². The summed E-state index contributed by atoms with van der Waals surface area (Å²) in [6.07, 6.45) is 4.21. The molecule has 0 aromatic rings. The molecule has 2 unspecified atom stereocenters. The number of carbonyl (C=O) groups is 1. The number of piperidine rings is 1. The number of nitrogens with zero attached hydrogens (tertiary/aromatic N) is 1. The molecular formula is C12H23NO2. The average Bonchev–Trinajstić information content (AvgIpc) is 2.18. The number of carboxylic acid groups (broad SMARTS) is 1. The Hall–Kier alpha value is -0.570. The molecule has 1 heterocycles. The van der Waals surface area contributed by atoms with Gasteiger partial charge in [-0.3, -0.25) is 9.69 Å². The van der Waals surface area contributed by atoms with Gasteiger partial charge in [-0.1, -0.05) is 20.8 Å². The van der Waals surface area contributed by atoms with Crippen LogP contribution in [-0.2, 0) is 4.79 Å². The maximum Gasteiger partial charge on any atom is 0.320 e. The lowest BCUT2D eigenvalue weighted by atomic mass is 9.79. The third kappa shape index (κ3) is 2.94. The number of aliphatic carboxylic acids is 1. The fraction of sp³-hybridized carbons (Fsp3) is 0.917. The largest absolute Gasteiger partial charge is 0.480 e. The van der Waals surface area contributed by atoms with Gasteiger partial charge in [-0.25, -0.2) is 0 Å². The molecule has 0 amide bonds. The zero-order valence-electron chi connectivity index (χ0n) is 10.1. The van der Waals surface area contributed by atoms with Crippen molar-refractivity contribution in [2.24, 2.45) is 5.41 Å². The predicted molar refractivity (Wildman–Crippen MR) is 60.9 cm³/mol. The summed E-state index contributed by atoms with van der Waals surface area (Å²) in [6.45, 7) is 8.31. The van der Waals surface area contributed by atoms with Gasteiger partial charge in [-0.15, -0.1) is 0 Å². The van der Waals surface area contributed by atoms with Crippen LogP contribution in [0.5, 0.6) is 0 Å². The minimum Gasteiger partial charge on any atom is -0.480 e. The van der Waals surface area contributed by atoms with E-state index in [-0.39, 0.29) is 6.04 Å². The van der Waals surface area contributed by atoms with E-state index in [0.717, 1.165) is 25.9 Å². The van der Waals surface area contributed by atoms with E-state index in [4.69, 9.17) is 5.11 Å². The fourth-order valence-corrected chi connectivity index (χ4v) is 2.50. The molecule has 3 heteroatoms. The van der Waals surface area contributed by atoms with Gasteiger partial charge in [0.05, 0.1) is 0 Å². The van der Waals surface area contributed by atoms with Crippen molar-refractivity contribution in [2.45, 2.75) is 52.5 Å². The molecule has 0 aromatic heterocycles. The molecule has 15 heavy (non-hydrogen) atoms. The SMILES string of the molecule is CCC(C(=O)O)N1CCCC(C)(CC)C1. The third-order valence-corrected chi connectivity index (χ3v) is 3.78. The van der Waals surface area contributed by atoms with Crippen LogP contribution < -0.4 is 0 Å². The van der Waals surface area contributed by atoms with Gasteiger partial charge in [0, 0.05) is 6.54 Å². The van der Waals surface area contributed by atoms with Crippen LogP contribution in [0.1, 0.15) is 46.5 Å². The van der Waals surface area contributed by atoms with E-state index in [1.165, 1.54) is 6.42 Å². The van der Waals surface area contributed by atoms with Gasteiger partial charge in [-0.05, 0) is 37.6 Å². The maximum atomic E-state index is 11.1. The number of hydrogen-bond acceptors (Lipinski definition) is 2. The van der Waals surface area contributed by atoms with Crippen LogP contribution in [0.15, 0.2) is 0 Å². The summed E-state index contributed by atoms with van der Waals surface area (Å²) >= 11 is 0. The fourth-order valence-electron chi connectivity index (χ4n) is 2.50. The normalized spacial score (nSPS) is 30.1. The first kappa shape index (κ1) is 12.5. The number of carboxylic acids is 1. The van der Waals surface area contributed by atoms with E-state index in [1.54, 1.807) is 0 Å². The lowest BCUT2D eigenvalue weighted by Gasteiger charge is -2.42. The standard InChI is InChI=1S/C12H23NO2/c1-4-10(11(14)15)13-8-6-7-12(3,5-2)9-13/h10H,4-9H2,1-3H3,(H,14,15). The second-order valence-electron chi connectivity index (χ2n) is 5.00. The minimum atomic E-state index is -0.669. The van der Waals surface area contributed by atoms with Gasteiger partial charge < -0.3 is 5.11 Å². The monoisotopic (exact) mass is 213 g/mol. The van der Waals surface area contributed by atoms with E-state index in [1.807, 2.05) is 6.92 Å². The second-order valence-corrected chi connectivity index (χ2v) is 5.00. The topological polar surface area (TPSA) is 40.5 Å². The van der Waals surface area contributed by atoms with Crippen LogP contribution in [0, 0.1) is 5.41 Å². The Balaban J connectivity index is 2.66. The molecule has 0 bridgehead atoms. The van der Waals surface area contributed by atoms with Gasteiger partial charge in [0.1, 0.15) is 6.04 Å². The molecule has 1 saturated heterocycles. The Kier molecular flexibility index (Phi) is 4.14. The Morgan fingerprint density at radius 1 is 1.53 bits per heavy atom. The van der Waals surface area contributed by atoms with Crippen molar-refractivity contribution >= 4 is 5.97 Å². The quantitative estimate of drug-likeness (QED) is 0.779. The van der Waals surface area contributed by atoms with Crippen molar-refractivity contribution in [2.75, 3.05) is 13.1 Å². The van der Waals surface area contributed by atoms with Crippen LogP contribution in [-0.4, -0.2) is 35.1 Å². The minimum absolute atomic E-state index is 0.281. The van der Waals surface area contributed by atoms with Crippen molar-refractivity contribution in [1.82, 2.24) is 4.90 Å². The Bertz CT molecular complexity index is 230. The molecule has 0 radical (unpaired) electrons. The van der Waals surface area contributed by atoms with E-state index in [9.17, 15) is 4.79 Å². The van der Waals surface area contributed by atoms with Crippen molar-refractivity contribution in [3.05, 3.63) is 0 Å². The number of rotatable bonds is 4. The first-order valence-corrected chi connectivity index (χ1v) is 5.99. The summed E-state index contributed by atoms with van der Waals surface area (Å²) in [5, 5.41) is 9.13. The molecule has 1 aliphatic rings. The molecule has 1 fully saturated rings. The lowest BCUT2D eigenvalue weighted by molar-refractivity contribution is -0.144. The molecule has 0 spiro atoms.